The van der Waals surface area contributed by atoms with Crippen molar-refractivity contribution in [1.82, 2.24) is 9.97 Å². The maximum Gasteiger partial charge on any atom is 0.260 e. The van der Waals surface area contributed by atoms with E-state index < -0.39 is 0 Å². The van der Waals surface area contributed by atoms with Crippen molar-refractivity contribution < 1.29 is 4.79 Å². The molecule has 5 aromatic rings. The molecule has 1 amide bonds. The lowest BCUT2D eigenvalue weighted by molar-refractivity contribution is 0.0986. The average molecular weight is 415 g/mol. The number of hydrogen-bond acceptors (Lipinski definition) is 3. The van der Waals surface area contributed by atoms with Crippen LogP contribution in [0.1, 0.15) is 15.9 Å². The lowest BCUT2D eigenvalue weighted by atomic mass is 10.0. The number of amides is 1. The molecule has 0 aliphatic carbocycles. The van der Waals surface area contributed by atoms with Crippen molar-refractivity contribution in [3.8, 4) is 11.1 Å². The minimum Gasteiger partial charge on any atom is -0.304 e. The van der Waals surface area contributed by atoms with Crippen LogP contribution in [0.4, 0.5) is 5.69 Å². The van der Waals surface area contributed by atoms with Gasteiger partial charge in [-0.15, -0.1) is 0 Å². The zero-order valence-electron chi connectivity index (χ0n) is 17.4. The van der Waals surface area contributed by atoms with Crippen molar-refractivity contribution in [2.75, 3.05) is 4.90 Å². The Kier molecular flexibility index (Phi) is 5.41. The second-order valence-electron chi connectivity index (χ2n) is 7.55. The van der Waals surface area contributed by atoms with Crippen LogP contribution in [0, 0.1) is 0 Å². The molecule has 0 saturated heterocycles. The molecule has 3 aromatic carbocycles. The highest BCUT2D eigenvalue weighted by molar-refractivity contribution is 6.13. The van der Waals surface area contributed by atoms with Crippen LogP contribution < -0.4 is 4.90 Å². The molecule has 4 nitrogen and oxygen atoms in total. The molecular weight excluding hydrogens is 394 g/mol. The Hall–Kier alpha value is -4.31. The topological polar surface area (TPSA) is 46.1 Å². The first kappa shape index (κ1) is 19.6. The van der Waals surface area contributed by atoms with Crippen LogP contribution in [0.2, 0.25) is 0 Å². The number of benzene rings is 3. The lowest BCUT2D eigenvalue weighted by Crippen LogP contribution is -2.30. The van der Waals surface area contributed by atoms with Crippen LogP contribution in [0.3, 0.4) is 0 Å². The molecule has 0 fully saturated rings. The molecule has 2 heterocycles. The lowest BCUT2D eigenvalue weighted by Gasteiger charge is -2.24. The highest BCUT2D eigenvalue weighted by Crippen LogP contribution is 2.28. The molecule has 0 atom stereocenters. The predicted octanol–water partition coefficient (Wildman–Crippen LogP) is 6.14. The van der Waals surface area contributed by atoms with Gasteiger partial charge in [0, 0.05) is 29.7 Å². The Morgan fingerprint density at radius 3 is 2.38 bits per heavy atom. The fraction of sp³-hybridized carbons (Fsp3) is 0.0357. The summed E-state index contributed by atoms with van der Waals surface area (Å²) in [5.74, 6) is -0.0941. The molecule has 0 spiro atoms. The number of para-hydroxylation sites is 1. The summed E-state index contributed by atoms with van der Waals surface area (Å²) in [6.45, 7) is 0.411. The normalized spacial score (nSPS) is 10.8. The molecule has 2 aromatic heterocycles. The van der Waals surface area contributed by atoms with E-state index in [4.69, 9.17) is 0 Å². The van der Waals surface area contributed by atoms with Gasteiger partial charge in [-0.3, -0.25) is 14.8 Å². The van der Waals surface area contributed by atoms with Gasteiger partial charge in [0.25, 0.3) is 5.91 Å². The van der Waals surface area contributed by atoms with Gasteiger partial charge in [-0.05, 0) is 47.0 Å². The van der Waals surface area contributed by atoms with E-state index in [1.165, 1.54) is 0 Å². The molecule has 0 bridgehead atoms. The summed E-state index contributed by atoms with van der Waals surface area (Å²) in [6, 6.07) is 31.7. The van der Waals surface area contributed by atoms with E-state index in [-0.39, 0.29) is 5.91 Å². The molecule has 0 N–H and O–H groups in total. The molecule has 4 heteroatoms. The number of nitrogens with zero attached hydrogens (tertiary/aromatic N) is 3. The molecule has 0 unspecified atom stereocenters. The quantitative estimate of drug-likeness (QED) is 0.346. The third-order valence-corrected chi connectivity index (χ3v) is 5.44. The van der Waals surface area contributed by atoms with Crippen LogP contribution in [0.15, 0.2) is 116 Å². The van der Waals surface area contributed by atoms with E-state index in [1.807, 2.05) is 72.8 Å². The third-order valence-electron chi connectivity index (χ3n) is 5.44. The summed E-state index contributed by atoms with van der Waals surface area (Å²) in [6.07, 6.45) is 5.25. The zero-order chi connectivity index (χ0) is 21.8. The summed E-state index contributed by atoms with van der Waals surface area (Å²) in [5.41, 5.74) is 5.23. The van der Waals surface area contributed by atoms with Gasteiger partial charge in [-0.1, -0.05) is 66.7 Å². The first-order valence-electron chi connectivity index (χ1n) is 10.5. The zero-order valence-corrected chi connectivity index (χ0v) is 17.4. The second-order valence-corrected chi connectivity index (χ2v) is 7.55. The average Bonchev–Trinajstić information content (AvgIpc) is 2.88. The van der Waals surface area contributed by atoms with E-state index in [1.54, 1.807) is 23.5 Å². The van der Waals surface area contributed by atoms with E-state index in [0.29, 0.717) is 17.6 Å². The Balaban J connectivity index is 1.61. The van der Waals surface area contributed by atoms with Crippen LogP contribution in [0.25, 0.3) is 22.0 Å². The minimum absolute atomic E-state index is 0.0941. The molecular formula is C28H21N3O. The van der Waals surface area contributed by atoms with Gasteiger partial charge < -0.3 is 4.90 Å². The SMILES string of the molecule is O=C(c1cccc2cccnc12)N(Cc1cccnc1)c1cccc(-c2ccccc2)c1. The Labute approximate surface area is 186 Å². The van der Waals surface area contributed by atoms with Crippen LogP contribution in [0.5, 0.6) is 0 Å². The van der Waals surface area contributed by atoms with E-state index in [2.05, 4.69) is 34.2 Å². The Morgan fingerprint density at radius 1 is 0.750 bits per heavy atom. The smallest absolute Gasteiger partial charge is 0.260 e. The molecule has 0 radical (unpaired) electrons. The monoisotopic (exact) mass is 415 g/mol. The van der Waals surface area contributed by atoms with Gasteiger partial charge in [0.2, 0.25) is 0 Å². The Bertz CT molecular complexity index is 1360. The van der Waals surface area contributed by atoms with Gasteiger partial charge >= 0.3 is 0 Å². The number of aromatic nitrogens is 2. The van der Waals surface area contributed by atoms with E-state index >= 15 is 0 Å². The Morgan fingerprint density at radius 2 is 1.53 bits per heavy atom. The van der Waals surface area contributed by atoms with Crippen molar-refractivity contribution in [2.24, 2.45) is 0 Å². The van der Waals surface area contributed by atoms with Crippen molar-refractivity contribution in [3.63, 3.8) is 0 Å². The van der Waals surface area contributed by atoms with E-state index in [0.717, 1.165) is 27.8 Å². The largest absolute Gasteiger partial charge is 0.304 e. The maximum atomic E-state index is 13.9. The van der Waals surface area contributed by atoms with Gasteiger partial charge in [-0.25, -0.2) is 0 Å². The van der Waals surface area contributed by atoms with E-state index in [9.17, 15) is 4.79 Å². The minimum atomic E-state index is -0.0941. The molecule has 0 aliphatic heterocycles. The fourth-order valence-corrected chi connectivity index (χ4v) is 3.86. The highest BCUT2D eigenvalue weighted by atomic mass is 16.2. The summed E-state index contributed by atoms with van der Waals surface area (Å²) >= 11 is 0. The maximum absolute atomic E-state index is 13.9. The summed E-state index contributed by atoms with van der Waals surface area (Å²) < 4.78 is 0. The van der Waals surface area contributed by atoms with Gasteiger partial charge in [0.15, 0.2) is 0 Å². The number of carbonyl (C=O) groups is 1. The first-order valence-corrected chi connectivity index (χ1v) is 10.5. The summed E-state index contributed by atoms with van der Waals surface area (Å²) in [5, 5.41) is 0.942. The number of carbonyl (C=O) groups excluding carboxylic acids is 1. The molecule has 32 heavy (non-hydrogen) atoms. The van der Waals surface area contributed by atoms with Crippen molar-refractivity contribution in [2.45, 2.75) is 6.54 Å². The van der Waals surface area contributed by atoms with Crippen LogP contribution >= 0.6 is 0 Å². The third kappa shape index (κ3) is 3.98. The van der Waals surface area contributed by atoms with Gasteiger partial charge in [0.1, 0.15) is 0 Å². The standard InChI is InChI=1S/C28H21N3O/c32-28(26-15-5-11-23-13-7-17-30-27(23)26)31(20-21-8-6-16-29-19-21)25-14-4-12-24(18-25)22-9-2-1-3-10-22/h1-19H,20H2. The number of fused-ring (bicyclic) bond motifs is 1. The molecule has 5 rings (SSSR count). The molecule has 154 valence electrons. The van der Waals surface area contributed by atoms with Crippen molar-refractivity contribution >= 4 is 22.5 Å². The van der Waals surface area contributed by atoms with Crippen molar-refractivity contribution in [3.05, 3.63) is 127 Å². The van der Waals surface area contributed by atoms with Crippen molar-refractivity contribution in [1.29, 1.82) is 0 Å². The van der Waals surface area contributed by atoms with Crippen LogP contribution in [-0.2, 0) is 6.54 Å². The second kappa shape index (κ2) is 8.82. The van der Waals surface area contributed by atoms with Crippen LogP contribution in [-0.4, -0.2) is 15.9 Å². The van der Waals surface area contributed by atoms with Gasteiger partial charge in [0.05, 0.1) is 17.6 Å². The van der Waals surface area contributed by atoms with Gasteiger partial charge in [-0.2, -0.15) is 0 Å². The summed E-state index contributed by atoms with van der Waals surface area (Å²) in [7, 11) is 0. The number of rotatable bonds is 5. The first-order chi connectivity index (χ1) is 15.8. The molecule has 0 aliphatic rings. The number of hydrogen-bond donors (Lipinski definition) is 0. The molecule has 0 saturated carbocycles. The number of pyridine rings is 2. The highest BCUT2D eigenvalue weighted by Gasteiger charge is 2.21. The fourth-order valence-electron chi connectivity index (χ4n) is 3.86. The predicted molar refractivity (Wildman–Crippen MR) is 128 cm³/mol. The number of anilines is 1. The summed E-state index contributed by atoms with van der Waals surface area (Å²) in [4.78, 5) is 24.4.